The van der Waals surface area contributed by atoms with Crippen molar-refractivity contribution >= 4 is 17.2 Å². The highest BCUT2D eigenvalue weighted by molar-refractivity contribution is 7.13. The number of rotatable bonds is 3. The Morgan fingerprint density at radius 3 is 2.68 bits per heavy atom. The predicted octanol–water partition coefficient (Wildman–Crippen LogP) is 3.22. The van der Waals surface area contributed by atoms with Crippen molar-refractivity contribution in [3.63, 3.8) is 0 Å². The first-order valence-corrected chi connectivity index (χ1v) is 9.53. The maximum Gasteiger partial charge on any atom is 0.266 e. The second-order valence-electron chi connectivity index (χ2n) is 7.69. The van der Waals surface area contributed by atoms with Gasteiger partial charge in [0.2, 0.25) is 0 Å². The van der Waals surface area contributed by atoms with Crippen LogP contribution in [0.3, 0.4) is 0 Å². The number of carbonyl (C=O) groups excluding carboxylic acids is 1. The summed E-state index contributed by atoms with van der Waals surface area (Å²) in [5.41, 5.74) is 0.658. The largest absolute Gasteiger partial charge is 0.333 e. The third-order valence-electron chi connectivity index (χ3n) is 4.61. The number of hydrogen-bond acceptors (Lipinski definition) is 4. The standard InChI is InChI=1S/C19H25N3O2S/c1-13-7-8-15(25-13)18(24)21-11-5-6-14(21)12-22-17(23)10-9-16(20-22)19(2,3)4/h7-10,14H,5-6,11-12H2,1-4H3. The molecule has 0 aliphatic carbocycles. The molecule has 134 valence electrons. The molecule has 5 nitrogen and oxygen atoms in total. The topological polar surface area (TPSA) is 55.2 Å². The lowest BCUT2D eigenvalue weighted by Gasteiger charge is -2.25. The lowest BCUT2D eigenvalue weighted by atomic mass is 9.92. The first-order valence-electron chi connectivity index (χ1n) is 8.72. The van der Waals surface area contributed by atoms with E-state index in [4.69, 9.17) is 0 Å². The highest BCUT2D eigenvalue weighted by Gasteiger charge is 2.31. The van der Waals surface area contributed by atoms with Gasteiger partial charge in [-0.3, -0.25) is 9.59 Å². The molecular weight excluding hydrogens is 334 g/mol. The van der Waals surface area contributed by atoms with Crippen LogP contribution in [0.1, 0.15) is 53.9 Å². The van der Waals surface area contributed by atoms with Crippen LogP contribution in [0.4, 0.5) is 0 Å². The second kappa shape index (κ2) is 6.75. The van der Waals surface area contributed by atoms with Gasteiger partial charge < -0.3 is 4.90 Å². The molecule has 0 spiro atoms. The van der Waals surface area contributed by atoms with Crippen LogP contribution in [0, 0.1) is 6.92 Å². The Kier molecular flexibility index (Phi) is 4.82. The van der Waals surface area contributed by atoms with Gasteiger partial charge in [-0.1, -0.05) is 20.8 Å². The van der Waals surface area contributed by atoms with E-state index in [1.807, 2.05) is 24.0 Å². The summed E-state index contributed by atoms with van der Waals surface area (Å²) in [6, 6.07) is 7.27. The average molecular weight is 359 g/mol. The number of aryl methyl sites for hydroxylation is 1. The van der Waals surface area contributed by atoms with Crippen LogP contribution >= 0.6 is 11.3 Å². The lowest BCUT2D eigenvalue weighted by Crippen LogP contribution is -2.40. The van der Waals surface area contributed by atoms with E-state index in [2.05, 4.69) is 25.9 Å². The van der Waals surface area contributed by atoms with Gasteiger partial charge in [0, 0.05) is 22.9 Å². The Balaban J connectivity index is 1.82. The van der Waals surface area contributed by atoms with Crippen LogP contribution in [0.2, 0.25) is 0 Å². The van der Waals surface area contributed by atoms with Crippen LogP contribution in [-0.4, -0.2) is 33.2 Å². The summed E-state index contributed by atoms with van der Waals surface area (Å²) in [5, 5.41) is 4.55. The fourth-order valence-corrected chi connectivity index (χ4v) is 3.99. The molecule has 0 saturated carbocycles. The molecule has 2 aromatic rings. The van der Waals surface area contributed by atoms with Crippen LogP contribution in [0.5, 0.6) is 0 Å². The number of carbonyl (C=O) groups is 1. The Morgan fingerprint density at radius 2 is 2.04 bits per heavy atom. The van der Waals surface area contributed by atoms with E-state index in [1.165, 1.54) is 16.0 Å². The Hall–Kier alpha value is -1.95. The lowest BCUT2D eigenvalue weighted by molar-refractivity contribution is 0.0725. The van der Waals surface area contributed by atoms with Crippen molar-refractivity contribution in [3.8, 4) is 0 Å². The summed E-state index contributed by atoms with van der Waals surface area (Å²) >= 11 is 1.52. The summed E-state index contributed by atoms with van der Waals surface area (Å²) in [6.45, 7) is 9.44. The van der Waals surface area contributed by atoms with Gasteiger partial charge in [-0.2, -0.15) is 5.10 Å². The first-order chi connectivity index (χ1) is 11.8. The van der Waals surface area contributed by atoms with Gasteiger partial charge in [0.1, 0.15) is 0 Å². The zero-order valence-electron chi connectivity index (χ0n) is 15.3. The van der Waals surface area contributed by atoms with E-state index in [0.717, 1.165) is 34.8 Å². The van der Waals surface area contributed by atoms with Gasteiger partial charge in [0.05, 0.1) is 23.2 Å². The average Bonchev–Trinajstić information content (AvgIpc) is 3.16. The molecule has 1 amide bonds. The third kappa shape index (κ3) is 3.84. The van der Waals surface area contributed by atoms with Crippen molar-refractivity contribution in [2.24, 2.45) is 0 Å². The minimum atomic E-state index is -0.116. The van der Waals surface area contributed by atoms with Gasteiger partial charge in [-0.25, -0.2) is 4.68 Å². The molecule has 3 heterocycles. The SMILES string of the molecule is Cc1ccc(C(=O)N2CCCC2Cn2nc(C(C)(C)C)ccc2=O)s1. The van der Waals surface area contributed by atoms with E-state index in [9.17, 15) is 9.59 Å². The number of aromatic nitrogens is 2. The minimum Gasteiger partial charge on any atom is -0.333 e. The monoisotopic (exact) mass is 359 g/mol. The molecule has 3 rings (SSSR count). The number of thiophene rings is 1. The van der Waals surface area contributed by atoms with Crippen molar-refractivity contribution in [1.82, 2.24) is 14.7 Å². The van der Waals surface area contributed by atoms with E-state index < -0.39 is 0 Å². The molecule has 25 heavy (non-hydrogen) atoms. The van der Waals surface area contributed by atoms with Crippen molar-refractivity contribution < 1.29 is 4.79 Å². The maximum absolute atomic E-state index is 12.8. The van der Waals surface area contributed by atoms with E-state index in [-0.39, 0.29) is 22.9 Å². The Bertz CT molecular complexity index is 832. The summed E-state index contributed by atoms with van der Waals surface area (Å²) in [4.78, 5) is 28.8. The molecule has 1 saturated heterocycles. The van der Waals surface area contributed by atoms with Crippen LogP contribution in [0.15, 0.2) is 29.1 Å². The second-order valence-corrected chi connectivity index (χ2v) is 8.98. The first kappa shape index (κ1) is 17.9. The predicted molar refractivity (Wildman–Crippen MR) is 100 cm³/mol. The molecule has 1 aliphatic rings. The van der Waals surface area contributed by atoms with Crippen molar-refractivity contribution in [1.29, 1.82) is 0 Å². The fraction of sp³-hybridized carbons (Fsp3) is 0.526. The summed E-state index contributed by atoms with van der Waals surface area (Å²) < 4.78 is 1.52. The Labute approximate surface area is 152 Å². The van der Waals surface area contributed by atoms with Gasteiger partial charge in [0.15, 0.2) is 0 Å². The van der Waals surface area contributed by atoms with Crippen molar-refractivity contribution in [2.45, 2.75) is 58.5 Å². The van der Waals surface area contributed by atoms with Crippen LogP contribution in [0.25, 0.3) is 0 Å². The van der Waals surface area contributed by atoms with Crippen molar-refractivity contribution in [2.75, 3.05) is 6.54 Å². The van der Waals surface area contributed by atoms with Gasteiger partial charge in [-0.15, -0.1) is 11.3 Å². The molecular formula is C19H25N3O2S. The molecule has 1 unspecified atom stereocenters. The molecule has 1 fully saturated rings. The maximum atomic E-state index is 12.8. The molecule has 1 aliphatic heterocycles. The smallest absolute Gasteiger partial charge is 0.266 e. The van der Waals surface area contributed by atoms with E-state index >= 15 is 0 Å². The molecule has 0 bridgehead atoms. The number of nitrogens with zero attached hydrogens (tertiary/aromatic N) is 3. The zero-order chi connectivity index (χ0) is 18.2. The number of hydrogen-bond donors (Lipinski definition) is 0. The molecule has 0 N–H and O–H groups in total. The summed E-state index contributed by atoms with van der Waals surface area (Å²) in [7, 11) is 0. The van der Waals surface area contributed by atoms with Crippen LogP contribution in [-0.2, 0) is 12.0 Å². The van der Waals surface area contributed by atoms with Gasteiger partial charge >= 0.3 is 0 Å². The summed E-state index contributed by atoms with van der Waals surface area (Å²) in [6.07, 6.45) is 1.87. The van der Waals surface area contributed by atoms with E-state index in [0.29, 0.717) is 6.54 Å². The van der Waals surface area contributed by atoms with E-state index in [1.54, 1.807) is 12.1 Å². The molecule has 0 aromatic carbocycles. The molecule has 2 aromatic heterocycles. The third-order valence-corrected chi connectivity index (χ3v) is 5.60. The quantitative estimate of drug-likeness (QED) is 0.845. The van der Waals surface area contributed by atoms with Crippen LogP contribution < -0.4 is 5.56 Å². The molecule has 0 radical (unpaired) electrons. The fourth-order valence-electron chi connectivity index (χ4n) is 3.16. The van der Waals surface area contributed by atoms with Gasteiger partial charge in [-0.05, 0) is 38.0 Å². The Morgan fingerprint density at radius 1 is 1.28 bits per heavy atom. The molecule has 1 atom stereocenters. The normalized spacial score (nSPS) is 17.9. The number of likely N-dealkylation sites (tertiary alicyclic amines) is 1. The number of amides is 1. The zero-order valence-corrected chi connectivity index (χ0v) is 16.1. The minimum absolute atomic E-state index is 0.0234. The highest BCUT2D eigenvalue weighted by atomic mass is 32.1. The van der Waals surface area contributed by atoms with Gasteiger partial charge in [0.25, 0.3) is 11.5 Å². The highest BCUT2D eigenvalue weighted by Crippen LogP contribution is 2.25. The molecule has 6 heteroatoms. The van der Waals surface area contributed by atoms with Crippen molar-refractivity contribution in [3.05, 3.63) is 50.1 Å². The summed E-state index contributed by atoms with van der Waals surface area (Å²) in [5.74, 6) is 0.0700.